The molecule has 0 aromatic heterocycles. The Labute approximate surface area is 239 Å². The molecule has 1 amide bonds. The molecule has 0 aliphatic carbocycles. The minimum Gasteiger partial charge on any atom is -0.384 e. The van der Waals surface area contributed by atoms with Crippen LogP contribution in [0.4, 0.5) is 0 Å². The van der Waals surface area contributed by atoms with Gasteiger partial charge in [-0.2, -0.15) is 0 Å². The van der Waals surface area contributed by atoms with E-state index < -0.39 is 5.60 Å². The summed E-state index contributed by atoms with van der Waals surface area (Å²) in [6.07, 6.45) is 1.42. The summed E-state index contributed by atoms with van der Waals surface area (Å²) in [5.74, 6) is 0.274. The molecular weight excluding hydrogens is 500 g/mol. The van der Waals surface area contributed by atoms with Gasteiger partial charge in [-0.05, 0) is 65.3 Å². The van der Waals surface area contributed by atoms with Crippen LogP contribution < -0.4 is 10.6 Å². The quantitative estimate of drug-likeness (QED) is 0.296. The molecule has 1 aliphatic rings. The summed E-state index contributed by atoms with van der Waals surface area (Å²) < 4.78 is 11.1. The molecule has 6 heteroatoms. The van der Waals surface area contributed by atoms with E-state index in [2.05, 4.69) is 85.1 Å². The molecule has 1 heterocycles. The highest BCUT2D eigenvalue weighted by molar-refractivity contribution is 5.73. The molecule has 1 aliphatic heterocycles. The molecule has 4 rings (SSSR count). The maximum absolute atomic E-state index is 12.1. The number of rotatable bonds is 12. The molecule has 0 spiro atoms. The van der Waals surface area contributed by atoms with E-state index in [1.54, 1.807) is 14.0 Å². The zero-order chi connectivity index (χ0) is 28.5. The Bertz CT molecular complexity index is 1260. The Morgan fingerprint density at radius 1 is 1.12 bits per heavy atom. The second-order valence-electron chi connectivity index (χ2n) is 11.2. The molecule has 1 saturated heterocycles. The van der Waals surface area contributed by atoms with Crippen LogP contribution in [0, 0.1) is 12.8 Å². The number of aliphatic hydroxyl groups is 1. The van der Waals surface area contributed by atoms with E-state index in [1.807, 2.05) is 6.07 Å². The Morgan fingerprint density at radius 2 is 1.90 bits per heavy atom. The molecule has 40 heavy (non-hydrogen) atoms. The fraction of sp³-hybridized carbons (Fsp3) is 0.441. The van der Waals surface area contributed by atoms with Crippen molar-refractivity contribution in [3.8, 4) is 11.1 Å². The third-order valence-electron chi connectivity index (χ3n) is 7.93. The van der Waals surface area contributed by atoms with Crippen LogP contribution in [0.5, 0.6) is 0 Å². The predicted octanol–water partition coefficient (Wildman–Crippen LogP) is 5.10. The van der Waals surface area contributed by atoms with Crippen molar-refractivity contribution in [3.63, 3.8) is 0 Å². The van der Waals surface area contributed by atoms with Crippen molar-refractivity contribution in [2.75, 3.05) is 40.0 Å². The summed E-state index contributed by atoms with van der Waals surface area (Å²) in [5.41, 5.74) is 6.94. The van der Waals surface area contributed by atoms with Crippen LogP contribution in [-0.2, 0) is 32.9 Å². The molecule has 0 radical (unpaired) electrons. The Hall–Kier alpha value is -3.03. The molecule has 0 saturated carbocycles. The third kappa shape index (κ3) is 7.38. The van der Waals surface area contributed by atoms with Crippen LogP contribution in [0.2, 0.25) is 0 Å². The van der Waals surface area contributed by atoms with E-state index in [1.165, 1.54) is 11.1 Å². The molecule has 214 valence electrons. The van der Waals surface area contributed by atoms with E-state index in [9.17, 15) is 9.90 Å². The first kappa shape index (κ1) is 29.9. The fourth-order valence-electron chi connectivity index (χ4n) is 5.81. The van der Waals surface area contributed by atoms with Crippen LogP contribution in [0.25, 0.3) is 11.1 Å². The van der Waals surface area contributed by atoms with E-state index in [-0.39, 0.29) is 11.8 Å². The Balaban J connectivity index is 1.52. The topological polar surface area (TPSA) is 79.8 Å². The minimum atomic E-state index is -0.958. The second kappa shape index (κ2) is 14.0. The van der Waals surface area contributed by atoms with Gasteiger partial charge in [-0.1, -0.05) is 73.7 Å². The van der Waals surface area contributed by atoms with Gasteiger partial charge in [-0.3, -0.25) is 4.79 Å². The number of methoxy groups -OCH3 is 1. The fourth-order valence-corrected chi connectivity index (χ4v) is 5.81. The van der Waals surface area contributed by atoms with Crippen molar-refractivity contribution in [2.45, 2.75) is 51.7 Å². The first-order valence-corrected chi connectivity index (χ1v) is 14.3. The van der Waals surface area contributed by atoms with Gasteiger partial charge in [0.05, 0.1) is 25.4 Å². The summed E-state index contributed by atoms with van der Waals surface area (Å²) in [6, 6.07) is 23.2. The number of nitrogens with one attached hydrogen (secondary N) is 2. The molecule has 3 N–H and O–H groups in total. The monoisotopic (exact) mass is 544 g/mol. The van der Waals surface area contributed by atoms with Crippen molar-refractivity contribution in [1.82, 2.24) is 10.6 Å². The Kier molecular flexibility index (Phi) is 10.5. The van der Waals surface area contributed by atoms with Crippen LogP contribution in [-0.4, -0.2) is 51.0 Å². The molecular formula is C34H44N2O4. The standard InChI is InChI=1S/C34H44N2O4/c1-24(21-39-4)22-40-23-27-9-12-30(13-10-27)34(38)16-18-35-20-33(34)31-14-11-29(19-25(31)2)32-8-6-5-7-28(32)15-17-36-26(3)37/h5-14,19,24,33,35,38H,15-18,20-23H2,1-4H3,(H,36,37)/t24-,33+,34+/m0/s1. The number of carbonyl (C=O) groups is 1. The molecule has 3 aromatic carbocycles. The van der Waals surface area contributed by atoms with Crippen LogP contribution in [0.15, 0.2) is 66.7 Å². The van der Waals surface area contributed by atoms with Crippen molar-refractivity contribution >= 4 is 5.91 Å². The van der Waals surface area contributed by atoms with E-state index >= 15 is 0 Å². The number of amides is 1. The lowest BCUT2D eigenvalue weighted by atomic mass is 9.72. The number of ether oxygens (including phenoxy) is 2. The highest BCUT2D eigenvalue weighted by Gasteiger charge is 2.41. The zero-order valence-electron chi connectivity index (χ0n) is 24.3. The average Bonchev–Trinajstić information content (AvgIpc) is 2.94. The third-order valence-corrected chi connectivity index (χ3v) is 7.93. The van der Waals surface area contributed by atoms with Gasteiger partial charge in [0.15, 0.2) is 0 Å². The number of carbonyl (C=O) groups excluding carboxylic acids is 1. The van der Waals surface area contributed by atoms with Crippen molar-refractivity contribution in [2.24, 2.45) is 5.92 Å². The summed E-state index contributed by atoms with van der Waals surface area (Å²) in [7, 11) is 1.71. The minimum absolute atomic E-state index is 0.0122. The first-order valence-electron chi connectivity index (χ1n) is 14.3. The predicted molar refractivity (Wildman–Crippen MR) is 160 cm³/mol. The number of hydrogen-bond donors (Lipinski definition) is 3. The van der Waals surface area contributed by atoms with Gasteiger partial charge >= 0.3 is 0 Å². The zero-order valence-corrected chi connectivity index (χ0v) is 24.3. The van der Waals surface area contributed by atoms with Crippen molar-refractivity contribution < 1.29 is 19.4 Å². The van der Waals surface area contributed by atoms with Crippen molar-refractivity contribution in [1.29, 1.82) is 0 Å². The first-order chi connectivity index (χ1) is 19.3. The summed E-state index contributed by atoms with van der Waals surface area (Å²) in [5, 5.41) is 18.5. The molecule has 1 fully saturated rings. The molecule has 3 atom stereocenters. The summed E-state index contributed by atoms with van der Waals surface area (Å²) in [6.45, 7) is 9.78. The maximum Gasteiger partial charge on any atom is 0.216 e. The molecule has 0 unspecified atom stereocenters. The largest absolute Gasteiger partial charge is 0.384 e. The second-order valence-corrected chi connectivity index (χ2v) is 11.2. The molecule has 3 aromatic rings. The average molecular weight is 545 g/mol. The lowest BCUT2D eigenvalue weighted by Gasteiger charge is -2.42. The smallest absolute Gasteiger partial charge is 0.216 e. The normalized spacial score (nSPS) is 19.8. The lowest BCUT2D eigenvalue weighted by Crippen LogP contribution is -2.46. The van der Waals surface area contributed by atoms with Gasteiger partial charge in [0.25, 0.3) is 0 Å². The van der Waals surface area contributed by atoms with E-state index in [0.29, 0.717) is 45.2 Å². The summed E-state index contributed by atoms with van der Waals surface area (Å²) in [4.78, 5) is 11.3. The number of hydrogen-bond acceptors (Lipinski definition) is 5. The number of benzene rings is 3. The van der Waals surface area contributed by atoms with Gasteiger partial charge in [0.2, 0.25) is 5.91 Å². The number of aryl methyl sites for hydroxylation is 1. The van der Waals surface area contributed by atoms with Crippen LogP contribution in [0.3, 0.4) is 0 Å². The van der Waals surface area contributed by atoms with Crippen molar-refractivity contribution in [3.05, 3.63) is 94.5 Å². The highest BCUT2D eigenvalue weighted by atomic mass is 16.5. The van der Waals surface area contributed by atoms with Gasteiger partial charge in [0.1, 0.15) is 0 Å². The lowest BCUT2D eigenvalue weighted by molar-refractivity contribution is -0.118. The number of piperidine rings is 1. The van der Waals surface area contributed by atoms with Crippen LogP contribution >= 0.6 is 0 Å². The van der Waals surface area contributed by atoms with E-state index in [0.717, 1.165) is 40.8 Å². The SMILES string of the molecule is COC[C@H](C)COCc1ccc([C@]2(O)CCNC[C@@H]2c2ccc(-c3ccccc3CCNC(C)=O)cc2C)cc1. The highest BCUT2D eigenvalue weighted by Crippen LogP contribution is 2.43. The van der Waals surface area contributed by atoms with Gasteiger partial charge in [-0.15, -0.1) is 0 Å². The molecule has 6 nitrogen and oxygen atoms in total. The molecule has 0 bridgehead atoms. The van der Waals surface area contributed by atoms with Gasteiger partial charge in [0, 0.05) is 39.0 Å². The van der Waals surface area contributed by atoms with E-state index in [4.69, 9.17) is 9.47 Å². The summed E-state index contributed by atoms with van der Waals surface area (Å²) >= 11 is 0. The van der Waals surface area contributed by atoms with Crippen LogP contribution in [0.1, 0.15) is 54.0 Å². The maximum atomic E-state index is 12.1. The Morgan fingerprint density at radius 3 is 2.62 bits per heavy atom. The van der Waals surface area contributed by atoms with Gasteiger partial charge < -0.3 is 25.2 Å². The van der Waals surface area contributed by atoms with Gasteiger partial charge in [-0.25, -0.2) is 0 Å².